The molecule has 4 nitrogen and oxygen atoms in total. The lowest BCUT2D eigenvalue weighted by Crippen LogP contribution is -2.10. The zero-order valence-electron chi connectivity index (χ0n) is 9.81. The fourth-order valence-corrected chi connectivity index (χ4v) is 2.16. The first kappa shape index (κ1) is 10.8. The van der Waals surface area contributed by atoms with Crippen molar-refractivity contribution in [1.29, 1.82) is 0 Å². The van der Waals surface area contributed by atoms with Gasteiger partial charge in [0.05, 0.1) is 0 Å². The number of anilines is 1. The SMILES string of the molecule is NC(=O)c1ccc(-c2cnc3c(c2)CCN3)cc1. The molecule has 0 saturated heterocycles. The number of hydrogen-bond donors (Lipinski definition) is 2. The minimum absolute atomic E-state index is 0.405. The third kappa shape index (κ3) is 1.82. The molecule has 0 radical (unpaired) electrons. The minimum atomic E-state index is -0.405. The molecule has 1 aliphatic rings. The first-order valence-electron chi connectivity index (χ1n) is 5.87. The Bertz CT molecular complexity index is 605. The lowest BCUT2D eigenvalue weighted by molar-refractivity contribution is 0.100. The summed E-state index contributed by atoms with van der Waals surface area (Å²) in [7, 11) is 0. The molecule has 0 unspecified atom stereocenters. The molecule has 1 aromatic carbocycles. The van der Waals surface area contributed by atoms with Crippen LogP contribution >= 0.6 is 0 Å². The quantitative estimate of drug-likeness (QED) is 0.839. The average molecular weight is 239 g/mol. The number of aromatic nitrogens is 1. The maximum atomic E-state index is 11.0. The van der Waals surface area contributed by atoms with Crippen LogP contribution in [-0.4, -0.2) is 17.4 Å². The van der Waals surface area contributed by atoms with Gasteiger partial charge in [-0.2, -0.15) is 0 Å². The van der Waals surface area contributed by atoms with Crippen molar-refractivity contribution in [2.75, 3.05) is 11.9 Å². The summed E-state index contributed by atoms with van der Waals surface area (Å²) < 4.78 is 0. The van der Waals surface area contributed by atoms with Crippen LogP contribution in [0.1, 0.15) is 15.9 Å². The summed E-state index contributed by atoms with van der Waals surface area (Å²) in [5.41, 5.74) is 9.09. The van der Waals surface area contributed by atoms with Crippen molar-refractivity contribution in [3.63, 3.8) is 0 Å². The van der Waals surface area contributed by atoms with Gasteiger partial charge in [-0.25, -0.2) is 4.98 Å². The Balaban J connectivity index is 1.97. The van der Waals surface area contributed by atoms with Gasteiger partial charge in [0.1, 0.15) is 5.82 Å². The Morgan fingerprint density at radius 2 is 2.00 bits per heavy atom. The maximum absolute atomic E-state index is 11.0. The van der Waals surface area contributed by atoms with Gasteiger partial charge in [-0.3, -0.25) is 4.79 Å². The number of carbonyl (C=O) groups excluding carboxylic acids is 1. The number of nitrogens with zero attached hydrogens (tertiary/aromatic N) is 1. The Hall–Kier alpha value is -2.36. The monoisotopic (exact) mass is 239 g/mol. The number of amides is 1. The van der Waals surface area contributed by atoms with E-state index >= 15 is 0 Å². The van der Waals surface area contributed by atoms with Crippen LogP contribution in [-0.2, 0) is 6.42 Å². The minimum Gasteiger partial charge on any atom is -0.370 e. The molecule has 0 spiro atoms. The van der Waals surface area contributed by atoms with Crippen LogP contribution in [0, 0.1) is 0 Å². The van der Waals surface area contributed by atoms with E-state index in [-0.39, 0.29) is 0 Å². The van der Waals surface area contributed by atoms with Crippen LogP contribution in [0.15, 0.2) is 36.5 Å². The van der Waals surface area contributed by atoms with Crippen LogP contribution in [0.5, 0.6) is 0 Å². The van der Waals surface area contributed by atoms with E-state index in [0.717, 1.165) is 29.9 Å². The molecule has 0 aliphatic carbocycles. The summed E-state index contributed by atoms with van der Waals surface area (Å²) in [5, 5.41) is 3.23. The Morgan fingerprint density at radius 1 is 1.22 bits per heavy atom. The van der Waals surface area contributed by atoms with Gasteiger partial charge in [0, 0.05) is 23.9 Å². The standard InChI is InChI=1S/C14H13N3O/c15-13(18)10-3-1-9(2-4-10)12-7-11-5-6-16-14(11)17-8-12/h1-4,7-8H,5-6H2,(H2,15,18)(H,16,17). The van der Waals surface area contributed by atoms with E-state index in [1.165, 1.54) is 5.56 Å². The number of fused-ring (bicyclic) bond motifs is 1. The fraction of sp³-hybridized carbons (Fsp3) is 0.143. The van der Waals surface area contributed by atoms with E-state index in [9.17, 15) is 4.79 Å². The summed E-state index contributed by atoms with van der Waals surface area (Å²) in [6.45, 7) is 0.951. The Kier molecular flexibility index (Phi) is 2.48. The van der Waals surface area contributed by atoms with Gasteiger partial charge in [0.25, 0.3) is 0 Å². The highest BCUT2D eigenvalue weighted by Gasteiger charge is 2.12. The van der Waals surface area contributed by atoms with Gasteiger partial charge in [-0.1, -0.05) is 12.1 Å². The highest BCUT2D eigenvalue weighted by molar-refractivity contribution is 5.93. The zero-order chi connectivity index (χ0) is 12.5. The molecule has 1 amide bonds. The molecule has 0 saturated carbocycles. The van der Waals surface area contributed by atoms with Crippen molar-refractivity contribution in [3.05, 3.63) is 47.7 Å². The normalized spacial score (nSPS) is 12.9. The first-order chi connectivity index (χ1) is 8.74. The second-order valence-electron chi connectivity index (χ2n) is 4.35. The second-order valence-corrected chi connectivity index (χ2v) is 4.35. The van der Waals surface area contributed by atoms with E-state index in [2.05, 4.69) is 16.4 Å². The summed E-state index contributed by atoms with van der Waals surface area (Å²) in [6.07, 6.45) is 2.85. The third-order valence-electron chi connectivity index (χ3n) is 3.16. The fourth-order valence-electron chi connectivity index (χ4n) is 2.16. The number of hydrogen-bond acceptors (Lipinski definition) is 3. The van der Waals surface area contributed by atoms with Crippen molar-refractivity contribution in [3.8, 4) is 11.1 Å². The smallest absolute Gasteiger partial charge is 0.248 e. The topological polar surface area (TPSA) is 68.0 Å². The molecule has 4 heteroatoms. The number of nitrogens with one attached hydrogen (secondary N) is 1. The van der Waals surface area contributed by atoms with Crippen molar-refractivity contribution >= 4 is 11.7 Å². The van der Waals surface area contributed by atoms with Crippen LogP contribution in [0.2, 0.25) is 0 Å². The van der Waals surface area contributed by atoms with E-state index in [4.69, 9.17) is 5.73 Å². The molecular formula is C14H13N3O. The lowest BCUT2D eigenvalue weighted by atomic mass is 10.0. The van der Waals surface area contributed by atoms with Crippen molar-refractivity contribution in [2.24, 2.45) is 5.73 Å². The van der Waals surface area contributed by atoms with Crippen LogP contribution in [0.3, 0.4) is 0 Å². The lowest BCUT2D eigenvalue weighted by Gasteiger charge is -2.05. The molecule has 2 aromatic rings. The molecule has 0 atom stereocenters. The third-order valence-corrected chi connectivity index (χ3v) is 3.16. The number of carbonyl (C=O) groups is 1. The van der Waals surface area contributed by atoms with Gasteiger partial charge in [0.15, 0.2) is 0 Å². The molecule has 90 valence electrons. The zero-order valence-corrected chi connectivity index (χ0v) is 9.81. The highest BCUT2D eigenvalue weighted by Crippen LogP contribution is 2.26. The van der Waals surface area contributed by atoms with Gasteiger partial charge in [-0.05, 0) is 35.7 Å². The van der Waals surface area contributed by atoms with Crippen molar-refractivity contribution in [1.82, 2.24) is 4.98 Å². The van der Waals surface area contributed by atoms with Crippen LogP contribution in [0.25, 0.3) is 11.1 Å². The molecule has 18 heavy (non-hydrogen) atoms. The predicted molar refractivity (Wildman–Crippen MR) is 70.4 cm³/mol. The van der Waals surface area contributed by atoms with E-state index in [0.29, 0.717) is 5.56 Å². The van der Waals surface area contributed by atoms with Crippen LogP contribution in [0.4, 0.5) is 5.82 Å². The number of nitrogens with two attached hydrogens (primary N) is 1. The molecule has 0 fully saturated rings. The molecule has 3 rings (SSSR count). The van der Waals surface area contributed by atoms with Crippen molar-refractivity contribution in [2.45, 2.75) is 6.42 Å². The summed E-state index contributed by atoms with van der Waals surface area (Å²) in [6, 6.07) is 9.41. The number of rotatable bonds is 2. The van der Waals surface area contributed by atoms with Gasteiger partial charge in [-0.15, -0.1) is 0 Å². The van der Waals surface area contributed by atoms with E-state index in [1.54, 1.807) is 12.1 Å². The Morgan fingerprint density at radius 3 is 2.72 bits per heavy atom. The van der Waals surface area contributed by atoms with E-state index in [1.807, 2.05) is 18.3 Å². The molecular weight excluding hydrogens is 226 g/mol. The predicted octanol–water partition coefficient (Wildman–Crippen LogP) is 1.82. The van der Waals surface area contributed by atoms with Crippen LogP contribution < -0.4 is 11.1 Å². The first-order valence-corrected chi connectivity index (χ1v) is 5.87. The van der Waals surface area contributed by atoms with Crippen molar-refractivity contribution < 1.29 is 4.79 Å². The van der Waals surface area contributed by atoms with Gasteiger partial charge >= 0.3 is 0 Å². The summed E-state index contributed by atoms with van der Waals surface area (Å²) >= 11 is 0. The number of primary amides is 1. The largest absolute Gasteiger partial charge is 0.370 e. The van der Waals surface area contributed by atoms with Gasteiger partial charge in [0.2, 0.25) is 5.91 Å². The number of pyridine rings is 1. The summed E-state index contributed by atoms with van der Waals surface area (Å²) in [4.78, 5) is 15.4. The van der Waals surface area contributed by atoms with Gasteiger partial charge < -0.3 is 11.1 Å². The summed E-state index contributed by atoms with van der Waals surface area (Å²) in [5.74, 6) is 0.574. The van der Waals surface area contributed by atoms with E-state index < -0.39 is 5.91 Å². The highest BCUT2D eigenvalue weighted by atomic mass is 16.1. The maximum Gasteiger partial charge on any atom is 0.248 e. The molecule has 0 bridgehead atoms. The average Bonchev–Trinajstić information content (AvgIpc) is 2.86. The molecule has 3 N–H and O–H groups in total. The molecule has 2 heterocycles. The molecule has 1 aliphatic heterocycles. The Labute approximate surface area is 105 Å². The molecule has 1 aromatic heterocycles. The number of benzene rings is 1. The second kappa shape index (κ2) is 4.14.